The second-order valence-corrected chi connectivity index (χ2v) is 5.06. The lowest BCUT2D eigenvalue weighted by atomic mass is 10.2. The third-order valence-electron chi connectivity index (χ3n) is 2.47. The van der Waals surface area contributed by atoms with Crippen LogP contribution in [0.25, 0.3) is 0 Å². The minimum absolute atomic E-state index is 0.0612. The Kier molecular flexibility index (Phi) is 5.28. The molecule has 0 aliphatic heterocycles. The van der Waals surface area contributed by atoms with Gasteiger partial charge in [-0.05, 0) is 24.3 Å². The normalized spacial score (nSPS) is 10.3. The number of carbonyl (C=O) groups excluding carboxylic acids is 1. The SMILES string of the molecule is O=C(CCl)Nc1ccc(Oc2c(Cl)cccc2Cl)c(F)c1. The number of ether oxygens (including phenoxy) is 1. The molecular formula is C14H9Cl3FNO2. The summed E-state index contributed by atoms with van der Waals surface area (Å²) in [4.78, 5) is 11.1. The molecule has 21 heavy (non-hydrogen) atoms. The summed E-state index contributed by atoms with van der Waals surface area (Å²) in [5, 5.41) is 2.96. The Morgan fingerprint density at radius 2 is 1.86 bits per heavy atom. The van der Waals surface area contributed by atoms with Gasteiger partial charge in [0.15, 0.2) is 17.3 Å². The number of nitrogens with one attached hydrogen (secondary N) is 1. The van der Waals surface area contributed by atoms with Crippen LogP contribution in [0, 0.1) is 5.82 Å². The fourth-order valence-corrected chi connectivity index (χ4v) is 2.09. The van der Waals surface area contributed by atoms with Gasteiger partial charge in [0, 0.05) is 11.8 Å². The van der Waals surface area contributed by atoms with Crippen molar-refractivity contribution in [1.29, 1.82) is 0 Å². The molecule has 2 aromatic rings. The maximum absolute atomic E-state index is 14.0. The third-order valence-corrected chi connectivity index (χ3v) is 3.31. The maximum atomic E-state index is 14.0. The van der Waals surface area contributed by atoms with Crippen LogP contribution in [0.4, 0.5) is 10.1 Å². The first kappa shape index (κ1) is 15.9. The molecule has 0 radical (unpaired) electrons. The fourth-order valence-electron chi connectivity index (χ4n) is 1.55. The van der Waals surface area contributed by atoms with Crippen LogP contribution in [0.15, 0.2) is 36.4 Å². The number of halogens is 4. The van der Waals surface area contributed by atoms with E-state index in [1.54, 1.807) is 18.2 Å². The zero-order valence-corrected chi connectivity index (χ0v) is 12.8. The van der Waals surface area contributed by atoms with E-state index in [4.69, 9.17) is 39.5 Å². The Bertz CT molecular complexity index is 659. The molecule has 0 fully saturated rings. The summed E-state index contributed by atoms with van der Waals surface area (Å²) in [6, 6.07) is 8.77. The van der Waals surface area contributed by atoms with E-state index < -0.39 is 11.7 Å². The van der Waals surface area contributed by atoms with Crippen LogP contribution in [0.2, 0.25) is 10.0 Å². The molecule has 0 aliphatic rings. The highest BCUT2D eigenvalue weighted by Crippen LogP contribution is 2.37. The quantitative estimate of drug-likeness (QED) is 0.780. The van der Waals surface area contributed by atoms with Crippen LogP contribution in [0.1, 0.15) is 0 Å². The van der Waals surface area contributed by atoms with Gasteiger partial charge in [-0.3, -0.25) is 4.79 Å². The van der Waals surface area contributed by atoms with E-state index in [0.717, 1.165) is 6.07 Å². The Morgan fingerprint density at radius 1 is 1.19 bits per heavy atom. The zero-order valence-electron chi connectivity index (χ0n) is 10.5. The van der Waals surface area contributed by atoms with Gasteiger partial charge in [0.05, 0.1) is 10.0 Å². The summed E-state index contributed by atoms with van der Waals surface area (Å²) in [6.45, 7) is 0. The van der Waals surface area contributed by atoms with Crippen molar-refractivity contribution in [3.05, 3.63) is 52.3 Å². The molecule has 0 heterocycles. The number of amides is 1. The fraction of sp³-hybridized carbons (Fsp3) is 0.0714. The van der Waals surface area contributed by atoms with E-state index >= 15 is 0 Å². The molecule has 110 valence electrons. The van der Waals surface area contributed by atoms with Gasteiger partial charge in [0.1, 0.15) is 5.88 Å². The minimum Gasteiger partial charge on any atom is -0.451 e. The smallest absolute Gasteiger partial charge is 0.239 e. The first-order valence-electron chi connectivity index (χ1n) is 5.78. The van der Waals surface area contributed by atoms with Gasteiger partial charge in [0.25, 0.3) is 0 Å². The molecule has 3 nitrogen and oxygen atoms in total. The average molecular weight is 349 g/mol. The van der Waals surface area contributed by atoms with Crippen molar-refractivity contribution in [3.8, 4) is 11.5 Å². The molecule has 2 rings (SSSR count). The molecule has 0 aromatic heterocycles. The number of hydrogen-bond donors (Lipinski definition) is 1. The molecule has 0 bridgehead atoms. The van der Waals surface area contributed by atoms with E-state index in [0.29, 0.717) is 0 Å². The van der Waals surface area contributed by atoms with Gasteiger partial charge >= 0.3 is 0 Å². The van der Waals surface area contributed by atoms with Crippen LogP contribution >= 0.6 is 34.8 Å². The molecule has 7 heteroatoms. The molecule has 0 unspecified atom stereocenters. The van der Waals surface area contributed by atoms with Gasteiger partial charge in [-0.25, -0.2) is 4.39 Å². The molecule has 1 N–H and O–H groups in total. The highest BCUT2D eigenvalue weighted by molar-refractivity contribution is 6.37. The Labute approximate surface area is 135 Å². The number of alkyl halides is 1. The summed E-state index contributed by atoms with van der Waals surface area (Å²) < 4.78 is 19.3. The number of anilines is 1. The number of carbonyl (C=O) groups is 1. The van der Waals surface area contributed by atoms with E-state index in [9.17, 15) is 9.18 Å². The summed E-state index contributed by atoms with van der Waals surface area (Å²) in [5.74, 6) is -1.21. The number of rotatable bonds is 4. The van der Waals surface area contributed by atoms with E-state index in [-0.39, 0.29) is 33.1 Å². The molecule has 0 saturated carbocycles. The van der Waals surface area contributed by atoms with Gasteiger partial charge in [0.2, 0.25) is 5.91 Å². The predicted molar refractivity (Wildman–Crippen MR) is 82.3 cm³/mol. The van der Waals surface area contributed by atoms with Crippen LogP contribution in [0.3, 0.4) is 0 Å². The van der Waals surface area contributed by atoms with Gasteiger partial charge in [-0.15, -0.1) is 11.6 Å². The molecule has 0 atom stereocenters. The van der Waals surface area contributed by atoms with Crippen LogP contribution < -0.4 is 10.1 Å². The second-order valence-electron chi connectivity index (χ2n) is 3.98. The summed E-state index contributed by atoms with van der Waals surface area (Å²) in [7, 11) is 0. The monoisotopic (exact) mass is 347 g/mol. The van der Waals surface area contributed by atoms with Crippen molar-refractivity contribution in [1.82, 2.24) is 0 Å². The largest absolute Gasteiger partial charge is 0.451 e. The third kappa shape index (κ3) is 4.00. The van der Waals surface area contributed by atoms with Crippen LogP contribution in [0.5, 0.6) is 11.5 Å². The molecule has 2 aromatic carbocycles. The highest BCUT2D eigenvalue weighted by Gasteiger charge is 2.12. The number of benzene rings is 2. The second kappa shape index (κ2) is 6.98. The lowest BCUT2D eigenvalue weighted by Crippen LogP contribution is -2.12. The Hall–Kier alpha value is -1.49. The molecule has 0 aliphatic carbocycles. The molecule has 0 spiro atoms. The Morgan fingerprint density at radius 3 is 2.43 bits per heavy atom. The van der Waals surface area contributed by atoms with Gasteiger partial charge in [-0.2, -0.15) is 0 Å². The van der Waals surface area contributed by atoms with Crippen LogP contribution in [-0.4, -0.2) is 11.8 Å². The van der Waals surface area contributed by atoms with Crippen LogP contribution in [-0.2, 0) is 4.79 Å². The molecule has 0 saturated heterocycles. The number of hydrogen-bond acceptors (Lipinski definition) is 2. The van der Waals surface area contributed by atoms with Crippen molar-refractivity contribution >= 4 is 46.4 Å². The van der Waals surface area contributed by atoms with Crippen molar-refractivity contribution < 1.29 is 13.9 Å². The lowest BCUT2D eigenvalue weighted by Gasteiger charge is -2.11. The van der Waals surface area contributed by atoms with Crippen molar-refractivity contribution in [3.63, 3.8) is 0 Å². The first-order chi connectivity index (χ1) is 10.0. The first-order valence-corrected chi connectivity index (χ1v) is 7.07. The lowest BCUT2D eigenvalue weighted by molar-refractivity contribution is -0.113. The van der Waals surface area contributed by atoms with E-state index in [1.807, 2.05) is 0 Å². The van der Waals surface area contributed by atoms with Crippen molar-refractivity contribution in [2.75, 3.05) is 11.2 Å². The average Bonchev–Trinajstić information content (AvgIpc) is 2.45. The summed E-state index contributed by atoms with van der Waals surface area (Å²) >= 11 is 17.2. The maximum Gasteiger partial charge on any atom is 0.239 e. The van der Waals surface area contributed by atoms with Gasteiger partial charge in [-0.1, -0.05) is 29.3 Å². The van der Waals surface area contributed by atoms with Crippen molar-refractivity contribution in [2.45, 2.75) is 0 Å². The summed E-state index contributed by atoms with van der Waals surface area (Å²) in [6.07, 6.45) is 0. The minimum atomic E-state index is -0.668. The van der Waals surface area contributed by atoms with Gasteiger partial charge < -0.3 is 10.1 Å². The highest BCUT2D eigenvalue weighted by atomic mass is 35.5. The van der Waals surface area contributed by atoms with E-state index in [1.165, 1.54) is 12.1 Å². The van der Waals surface area contributed by atoms with Crippen molar-refractivity contribution in [2.24, 2.45) is 0 Å². The molecule has 1 amide bonds. The number of para-hydroxylation sites is 1. The summed E-state index contributed by atoms with van der Waals surface area (Å²) in [5.41, 5.74) is 0.274. The zero-order chi connectivity index (χ0) is 15.4. The van der Waals surface area contributed by atoms with E-state index in [2.05, 4.69) is 5.32 Å². The molecular weight excluding hydrogens is 340 g/mol. The predicted octanol–water partition coefficient (Wildman–Crippen LogP) is 5.10. The standard InChI is InChI=1S/C14H9Cl3FNO2/c15-7-13(20)19-8-4-5-12(11(18)6-8)21-14-9(16)2-1-3-10(14)17/h1-6H,7H2,(H,19,20). The topological polar surface area (TPSA) is 38.3 Å². The Balaban J connectivity index is 2.24.